The van der Waals surface area contributed by atoms with E-state index in [0.717, 1.165) is 11.3 Å². The van der Waals surface area contributed by atoms with Gasteiger partial charge in [0.25, 0.3) is 0 Å². The summed E-state index contributed by atoms with van der Waals surface area (Å²) >= 11 is 4.65. The molecule has 0 aromatic heterocycles. The molecule has 0 fully saturated rings. The number of benzene rings is 2. The number of para-hydroxylation sites is 1. The number of aliphatic imine (C=N–C) groups is 2. The smallest absolute Gasteiger partial charge is 0.170 e. The van der Waals surface area contributed by atoms with Crippen molar-refractivity contribution in [3.8, 4) is 0 Å². The summed E-state index contributed by atoms with van der Waals surface area (Å²) in [4.78, 5) is 8.44. The summed E-state index contributed by atoms with van der Waals surface area (Å²) in [5, 5.41) is 2.36. The molecule has 17 heavy (non-hydrogen) atoms. The summed E-state index contributed by atoms with van der Waals surface area (Å²) in [7, 11) is 0. The van der Waals surface area contributed by atoms with E-state index in [1.165, 1.54) is 0 Å². The molecule has 2 aromatic carbocycles. The number of thiocarbonyl (C=S) groups is 1. The van der Waals surface area contributed by atoms with Crippen molar-refractivity contribution in [2.24, 2.45) is 9.98 Å². The van der Waals surface area contributed by atoms with Gasteiger partial charge in [0.15, 0.2) is 5.84 Å². The van der Waals surface area contributed by atoms with E-state index in [9.17, 15) is 0 Å². The van der Waals surface area contributed by atoms with Crippen molar-refractivity contribution < 1.29 is 0 Å². The van der Waals surface area contributed by atoms with Gasteiger partial charge in [-0.15, -0.1) is 0 Å². The van der Waals surface area contributed by atoms with Crippen LogP contribution in [0, 0.1) is 0 Å². The van der Waals surface area contributed by atoms with Crippen molar-refractivity contribution in [3.05, 3.63) is 66.2 Å². The Hall–Kier alpha value is -2.09. The molecule has 82 valence electrons. The van der Waals surface area contributed by atoms with Crippen LogP contribution in [0.25, 0.3) is 0 Å². The van der Waals surface area contributed by atoms with Crippen LogP contribution in [-0.4, -0.2) is 11.0 Å². The third kappa shape index (κ3) is 3.18. The topological polar surface area (TPSA) is 24.7 Å². The second kappa shape index (κ2) is 5.85. The molecular formula is C14H10N2S. The molecule has 2 aromatic rings. The Balaban J connectivity index is 2.43. The first-order valence-corrected chi connectivity index (χ1v) is 5.58. The van der Waals surface area contributed by atoms with Crippen LogP contribution in [0.3, 0.4) is 0 Å². The Morgan fingerprint density at radius 1 is 0.882 bits per heavy atom. The third-order valence-electron chi connectivity index (χ3n) is 2.17. The van der Waals surface area contributed by atoms with Gasteiger partial charge in [0.05, 0.1) is 10.8 Å². The molecule has 0 saturated heterocycles. The van der Waals surface area contributed by atoms with E-state index in [1.807, 2.05) is 60.7 Å². The lowest BCUT2D eigenvalue weighted by molar-refractivity contribution is 1.45. The van der Waals surface area contributed by atoms with Crippen molar-refractivity contribution in [1.29, 1.82) is 0 Å². The Bertz CT molecular complexity index is 555. The molecule has 0 spiro atoms. The highest BCUT2D eigenvalue weighted by atomic mass is 32.1. The van der Waals surface area contributed by atoms with Crippen LogP contribution in [0.5, 0.6) is 0 Å². The quantitative estimate of drug-likeness (QED) is 0.443. The molecular weight excluding hydrogens is 228 g/mol. The normalized spacial score (nSPS) is 10.7. The lowest BCUT2D eigenvalue weighted by atomic mass is 10.2. The monoisotopic (exact) mass is 238 g/mol. The highest BCUT2D eigenvalue weighted by molar-refractivity contribution is 7.78. The Labute approximate surface area is 105 Å². The predicted octanol–water partition coefficient (Wildman–Crippen LogP) is 3.87. The van der Waals surface area contributed by atoms with Gasteiger partial charge in [-0.1, -0.05) is 48.5 Å². The first kappa shape index (κ1) is 11.4. The van der Waals surface area contributed by atoms with Crippen molar-refractivity contribution >= 4 is 28.9 Å². The summed E-state index contributed by atoms with van der Waals surface area (Å²) in [6, 6.07) is 19.4. The Kier molecular flexibility index (Phi) is 3.92. The second-order valence-corrected chi connectivity index (χ2v) is 3.52. The van der Waals surface area contributed by atoms with Gasteiger partial charge < -0.3 is 0 Å². The average molecular weight is 238 g/mol. The highest BCUT2D eigenvalue weighted by Gasteiger charge is 2.00. The fraction of sp³-hybridized carbons (Fsp3) is 0. The maximum Gasteiger partial charge on any atom is 0.170 e. The number of amidine groups is 1. The van der Waals surface area contributed by atoms with Crippen molar-refractivity contribution in [3.63, 3.8) is 0 Å². The highest BCUT2D eigenvalue weighted by Crippen LogP contribution is 2.13. The third-order valence-corrected chi connectivity index (χ3v) is 2.27. The molecule has 0 unspecified atom stereocenters. The molecule has 2 rings (SSSR count). The summed E-state index contributed by atoms with van der Waals surface area (Å²) in [6.45, 7) is 0. The van der Waals surface area contributed by atoms with Crippen LogP contribution in [-0.2, 0) is 0 Å². The number of hydrogen-bond donors (Lipinski definition) is 0. The summed E-state index contributed by atoms with van der Waals surface area (Å²) in [6.07, 6.45) is 0. The van der Waals surface area contributed by atoms with Gasteiger partial charge in [-0.2, -0.15) is 4.99 Å². The molecule has 0 N–H and O–H groups in total. The molecule has 0 radical (unpaired) electrons. The maximum absolute atomic E-state index is 4.65. The number of isothiocyanates is 1. The minimum Gasteiger partial charge on any atom is -0.228 e. The maximum atomic E-state index is 4.65. The van der Waals surface area contributed by atoms with Crippen LogP contribution < -0.4 is 0 Å². The van der Waals surface area contributed by atoms with Crippen molar-refractivity contribution in [1.82, 2.24) is 0 Å². The molecule has 0 aliphatic rings. The van der Waals surface area contributed by atoms with Crippen LogP contribution in [0.15, 0.2) is 70.6 Å². The van der Waals surface area contributed by atoms with E-state index < -0.39 is 0 Å². The zero-order valence-corrected chi connectivity index (χ0v) is 9.89. The van der Waals surface area contributed by atoms with Gasteiger partial charge in [0, 0.05) is 5.56 Å². The molecule has 0 heterocycles. The lowest BCUT2D eigenvalue weighted by Gasteiger charge is -1.99. The van der Waals surface area contributed by atoms with Crippen molar-refractivity contribution in [2.45, 2.75) is 0 Å². The number of rotatable bonds is 2. The largest absolute Gasteiger partial charge is 0.228 e. The van der Waals surface area contributed by atoms with E-state index in [4.69, 9.17) is 0 Å². The molecule has 0 aliphatic carbocycles. The summed E-state index contributed by atoms with van der Waals surface area (Å²) < 4.78 is 0. The fourth-order valence-electron chi connectivity index (χ4n) is 1.41. The molecule has 0 aliphatic heterocycles. The van der Waals surface area contributed by atoms with Gasteiger partial charge in [0.1, 0.15) is 0 Å². The van der Waals surface area contributed by atoms with Gasteiger partial charge in [-0.3, -0.25) is 0 Å². The molecule has 2 nitrogen and oxygen atoms in total. The zero-order valence-electron chi connectivity index (χ0n) is 9.08. The van der Waals surface area contributed by atoms with Crippen LogP contribution in [0.4, 0.5) is 5.69 Å². The van der Waals surface area contributed by atoms with Gasteiger partial charge in [-0.25, -0.2) is 4.99 Å². The molecule has 0 amide bonds. The fourth-order valence-corrected chi connectivity index (χ4v) is 1.50. The first-order valence-electron chi connectivity index (χ1n) is 5.17. The van der Waals surface area contributed by atoms with E-state index >= 15 is 0 Å². The Morgan fingerprint density at radius 2 is 1.47 bits per heavy atom. The number of hydrogen-bond acceptors (Lipinski definition) is 2. The van der Waals surface area contributed by atoms with Crippen LogP contribution in [0.1, 0.15) is 5.56 Å². The Morgan fingerprint density at radius 3 is 2.06 bits per heavy atom. The minimum absolute atomic E-state index is 0.576. The zero-order chi connectivity index (χ0) is 11.9. The van der Waals surface area contributed by atoms with Crippen LogP contribution in [0.2, 0.25) is 0 Å². The first-order chi connectivity index (χ1) is 8.40. The number of nitrogens with zero attached hydrogens (tertiary/aromatic N) is 2. The van der Waals surface area contributed by atoms with Gasteiger partial charge in [-0.05, 0) is 24.4 Å². The molecule has 0 bridgehead atoms. The van der Waals surface area contributed by atoms with Gasteiger partial charge >= 0.3 is 0 Å². The lowest BCUT2D eigenvalue weighted by Crippen LogP contribution is -1.95. The average Bonchev–Trinajstić information content (AvgIpc) is 2.40. The van der Waals surface area contributed by atoms with Crippen LogP contribution >= 0.6 is 12.2 Å². The molecule has 0 saturated carbocycles. The van der Waals surface area contributed by atoms with E-state index in [0.29, 0.717) is 5.84 Å². The van der Waals surface area contributed by atoms with E-state index in [-0.39, 0.29) is 0 Å². The summed E-state index contributed by atoms with van der Waals surface area (Å²) in [5.74, 6) is 0.576. The predicted molar refractivity (Wildman–Crippen MR) is 74.1 cm³/mol. The standard InChI is InChI=1S/C14H10N2S/c17-11-15-14(12-7-3-1-4-8-12)16-13-9-5-2-6-10-13/h1-10H. The van der Waals surface area contributed by atoms with E-state index in [2.05, 4.69) is 27.4 Å². The molecule has 0 atom stereocenters. The van der Waals surface area contributed by atoms with Crippen molar-refractivity contribution in [2.75, 3.05) is 0 Å². The SMILES string of the molecule is S=C=NC(=Nc1ccccc1)c1ccccc1. The minimum atomic E-state index is 0.576. The van der Waals surface area contributed by atoms with Gasteiger partial charge in [0.2, 0.25) is 0 Å². The van der Waals surface area contributed by atoms with E-state index in [1.54, 1.807) is 0 Å². The second-order valence-electron chi connectivity index (χ2n) is 3.34. The molecule has 3 heteroatoms. The summed E-state index contributed by atoms with van der Waals surface area (Å²) in [5.41, 5.74) is 1.77.